The molecule has 1 atom stereocenters. The largest absolute Gasteiger partial charge is 0.478 e. The Hall–Kier alpha value is -2.04. The van der Waals surface area contributed by atoms with E-state index in [2.05, 4.69) is 19.2 Å². The fraction of sp³-hybridized carbons (Fsp3) is 0.500. The first-order valence-corrected chi connectivity index (χ1v) is 7.28. The van der Waals surface area contributed by atoms with Gasteiger partial charge in [-0.3, -0.25) is 0 Å². The van der Waals surface area contributed by atoms with Crippen LogP contribution in [0.1, 0.15) is 43.1 Å². The van der Waals surface area contributed by atoms with Crippen LogP contribution in [0, 0.1) is 12.8 Å². The van der Waals surface area contributed by atoms with Gasteiger partial charge in [0.05, 0.1) is 5.56 Å². The van der Waals surface area contributed by atoms with E-state index in [1.807, 2.05) is 13.8 Å². The molecule has 0 aliphatic rings. The maximum Gasteiger partial charge on any atom is 0.335 e. The molecule has 5 heteroatoms. The van der Waals surface area contributed by atoms with Crippen LogP contribution in [-0.4, -0.2) is 35.1 Å². The summed E-state index contributed by atoms with van der Waals surface area (Å²) < 4.78 is 0. The first-order valence-electron chi connectivity index (χ1n) is 7.28. The summed E-state index contributed by atoms with van der Waals surface area (Å²) in [5.41, 5.74) is 1.55. The molecule has 1 aromatic carbocycles. The second kappa shape index (κ2) is 7.67. The highest BCUT2D eigenvalue weighted by atomic mass is 16.4. The van der Waals surface area contributed by atoms with Gasteiger partial charge in [0.1, 0.15) is 0 Å². The van der Waals surface area contributed by atoms with Crippen LogP contribution >= 0.6 is 0 Å². The average Bonchev–Trinajstić information content (AvgIpc) is 2.46. The van der Waals surface area contributed by atoms with Crippen molar-refractivity contribution < 1.29 is 14.7 Å². The second-order valence-electron chi connectivity index (χ2n) is 5.32. The van der Waals surface area contributed by atoms with Crippen molar-refractivity contribution in [3.8, 4) is 0 Å². The van der Waals surface area contributed by atoms with E-state index in [4.69, 9.17) is 5.11 Å². The molecule has 1 aromatic rings. The Morgan fingerprint density at radius 1 is 1.33 bits per heavy atom. The molecule has 116 valence electrons. The van der Waals surface area contributed by atoms with E-state index >= 15 is 0 Å². The van der Waals surface area contributed by atoms with E-state index in [0.717, 1.165) is 12.0 Å². The zero-order valence-electron chi connectivity index (χ0n) is 13.1. The van der Waals surface area contributed by atoms with Crippen molar-refractivity contribution in [2.24, 2.45) is 5.92 Å². The minimum atomic E-state index is -1.00. The van der Waals surface area contributed by atoms with Crippen molar-refractivity contribution in [3.05, 3.63) is 29.3 Å². The summed E-state index contributed by atoms with van der Waals surface area (Å²) in [4.78, 5) is 25.0. The fourth-order valence-corrected chi connectivity index (χ4v) is 1.94. The summed E-state index contributed by atoms with van der Waals surface area (Å²) in [7, 11) is 0. The van der Waals surface area contributed by atoms with E-state index in [1.165, 1.54) is 12.1 Å². The molecule has 0 fully saturated rings. The molecule has 0 saturated carbocycles. The molecule has 0 aromatic heterocycles. The summed E-state index contributed by atoms with van der Waals surface area (Å²) >= 11 is 0. The van der Waals surface area contributed by atoms with Crippen LogP contribution in [-0.2, 0) is 0 Å². The zero-order valence-corrected chi connectivity index (χ0v) is 13.1. The lowest BCUT2D eigenvalue weighted by Crippen LogP contribution is -2.37. The van der Waals surface area contributed by atoms with Crippen molar-refractivity contribution in [1.82, 2.24) is 4.90 Å². The summed E-state index contributed by atoms with van der Waals surface area (Å²) in [5, 5.41) is 11.8. The molecule has 0 aliphatic heterocycles. The predicted molar refractivity (Wildman–Crippen MR) is 83.9 cm³/mol. The van der Waals surface area contributed by atoms with E-state index in [0.29, 0.717) is 24.7 Å². The van der Waals surface area contributed by atoms with Crippen molar-refractivity contribution in [2.75, 3.05) is 18.4 Å². The third-order valence-corrected chi connectivity index (χ3v) is 3.62. The second-order valence-corrected chi connectivity index (χ2v) is 5.32. The van der Waals surface area contributed by atoms with Gasteiger partial charge in [0.2, 0.25) is 0 Å². The third-order valence-electron chi connectivity index (χ3n) is 3.62. The SMILES string of the molecule is CCC(C)CN(CC)C(=O)Nc1cc(C(=O)O)ccc1C. The van der Waals surface area contributed by atoms with Crippen LogP contribution < -0.4 is 5.32 Å². The lowest BCUT2D eigenvalue weighted by atomic mass is 10.1. The Morgan fingerprint density at radius 2 is 2.00 bits per heavy atom. The van der Waals surface area contributed by atoms with Gasteiger partial charge in [-0.05, 0) is 37.5 Å². The highest BCUT2D eigenvalue weighted by Crippen LogP contribution is 2.18. The lowest BCUT2D eigenvalue weighted by Gasteiger charge is -2.24. The molecule has 0 heterocycles. The van der Waals surface area contributed by atoms with Crippen LogP contribution in [0.3, 0.4) is 0 Å². The molecule has 5 nitrogen and oxygen atoms in total. The Balaban J connectivity index is 2.86. The summed E-state index contributed by atoms with van der Waals surface area (Å²) in [6.07, 6.45) is 1.01. The number of rotatable bonds is 6. The average molecular weight is 292 g/mol. The number of carbonyl (C=O) groups is 2. The Morgan fingerprint density at radius 3 is 2.52 bits per heavy atom. The number of hydrogen-bond acceptors (Lipinski definition) is 2. The van der Waals surface area contributed by atoms with Crippen molar-refractivity contribution in [1.29, 1.82) is 0 Å². The Kier molecular flexibility index (Phi) is 6.21. The molecule has 2 amide bonds. The number of carbonyl (C=O) groups excluding carboxylic acids is 1. The first-order chi connectivity index (χ1) is 9.88. The predicted octanol–water partition coefficient (Wildman–Crippen LogP) is 3.59. The van der Waals surface area contributed by atoms with Gasteiger partial charge in [-0.15, -0.1) is 0 Å². The van der Waals surface area contributed by atoms with Gasteiger partial charge in [0.25, 0.3) is 0 Å². The monoisotopic (exact) mass is 292 g/mol. The molecule has 0 aliphatic carbocycles. The summed E-state index contributed by atoms with van der Waals surface area (Å²) in [6, 6.07) is 4.53. The molecular weight excluding hydrogens is 268 g/mol. The molecular formula is C16H24N2O3. The van der Waals surface area contributed by atoms with Crippen LogP contribution in [0.5, 0.6) is 0 Å². The fourth-order valence-electron chi connectivity index (χ4n) is 1.94. The number of aryl methyl sites for hydroxylation is 1. The van der Waals surface area contributed by atoms with Crippen molar-refractivity contribution in [3.63, 3.8) is 0 Å². The minimum Gasteiger partial charge on any atom is -0.478 e. The van der Waals surface area contributed by atoms with Crippen molar-refractivity contribution >= 4 is 17.7 Å². The maximum absolute atomic E-state index is 12.3. The van der Waals surface area contributed by atoms with E-state index in [9.17, 15) is 9.59 Å². The molecule has 2 N–H and O–H groups in total. The number of nitrogens with one attached hydrogen (secondary N) is 1. The van der Waals surface area contributed by atoms with Gasteiger partial charge in [-0.25, -0.2) is 9.59 Å². The van der Waals surface area contributed by atoms with Crippen LogP contribution in [0.2, 0.25) is 0 Å². The van der Waals surface area contributed by atoms with Crippen molar-refractivity contribution in [2.45, 2.75) is 34.1 Å². The summed E-state index contributed by atoms with van der Waals surface area (Å²) in [6.45, 7) is 9.28. The van der Waals surface area contributed by atoms with Crippen LogP contribution in [0.25, 0.3) is 0 Å². The Labute approximate surface area is 126 Å². The number of urea groups is 1. The van der Waals surface area contributed by atoms with Crippen LogP contribution in [0.15, 0.2) is 18.2 Å². The van der Waals surface area contributed by atoms with Gasteiger partial charge in [0.15, 0.2) is 0 Å². The molecule has 0 radical (unpaired) electrons. The van der Waals surface area contributed by atoms with E-state index < -0.39 is 5.97 Å². The quantitative estimate of drug-likeness (QED) is 0.841. The van der Waals surface area contributed by atoms with Gasteiger partial charge >= 0.3 is 12.0 Å². The minimum absolute atomic E-state index is 0.167. The zero-order chi connectivity index (χ0) is 16.0. The molecule has 1 unspecified atom stereocenters. The highest BCUT2D eigenvalue weighted by molar-refractivity contribution is 5.94. The van der Waals surface area contributed by atoms with E-state index in [1.54, 1.807) is 11.0 Å². The third kappa shape index (κ3) is 4.77. The number of amides is 2. The number of carboxylic acids is 1. The number of nitrogens with zero attached hydrogens (tertiary/aromatic N) is 1. The Bertz CT molecular complexity index is 514. The topological polar surface area (TPSA) is 69.6 Å². The van der Waals surface area contributed by atoms with Gasteiger partial charge < -0.3 is 15.3 Å². The number of carboxylic acid groups (broad SMARTS) is 1. The van der Waals surface area contributed by atoms with E-state index in [-0.39, 0.29) is 11.6 Å². The molecule has 0 bridgehead atoms. The van der Waals surface area contributed by atoms with Gasteiger partial charge in [-0.2, -0.15) is 0 Å². The van der Waals surface area contributed by atoms with Crippen LogP contribution in [0.4, 0.5) is 10.5 Å². The van der Waals surface area contributed by atoms with Gasteiger partial charge in [0, 0.05) is 18.8 Å². The van der Waals surface area contributed by atoms with Gasteiger partial charge in [-0.1, -0.05) is 26.3 Å². The number of benzene rings is 1. The smallest absolute Gasteiger partial charge is 0.335 e. The standard InChI is InChI=1S/C16H24N2O3/c1-5-11(3)10-18(6-2)16(21)17-14-9-13(15(19)20)8-7-12(14)4/h7-9,11H,5-6,10H2,1-4H3,(H,17,21)(H,19,20). The number of hydrogen-bond donors (Lipinski definition) is 2. The molecule has 0 saturated heterocycles. The maximum atomic E-state index is 12.3. The normalized spacial score (nSPS) is 11.8. The number of aromatic carboxylic acids is 1. The number of anilines is 1. The lowest BCUT2D eigenvalue weighted by molar-refractivity contribution is 0.0697. The molecule has 21 heavy (non-hydrogen) atoms. The molecule has 0 spiro atoms. The first kappa shape index (κ1) is 17.0. The molecule has 1 rings (SSSR count). The summed E-state index contributed by atoms with van der Waals surface area (Å²) in [5.74, 6) is -0.570. The highest BCUT2D eigenvalue weighted by Gasteiger charge is 2.16.